The Bertz CT molecular complexity index is 2010. The number of anilines is 1. The predicted octanol–water partition coefficient (Wildman–Crippen LogP) is 6.43. The lowest BCUT2D eigenvalue weighted by Gasteiger charge is -2.36. The highest BCUT2D eigenvalue weighted by molar-refractivity contribution is 5.99. The average Bonchev–Trinajstić information content (AvgIpc) is 3.15. The highest BCUT2D eigenvalue weighted by Crippen LogP contribution is 2.36. The number of morpholine rings is 1. The van der Waals surface area contributed by atoms with Gasteiger partial charge in [0.25, 0.3) is 0 Å². The zero-order chi connectivity index (χ0) is 36.6. The SMILES string of the molecule is C=C(OC(=O)NCc1ccc2ccccc2n1)[C@@H]1CO[C@H](CCC2=C(F)C[N-]C=C2N(C(=O)CN)c2cc(F)ccc2Cc2ccc(F)cc2)CN1. The minimum Gasteiger partial charge on any atom is -0.683 e. The van der Waals surface area contributed by atoms with E-state index in [1.807, 2.05) is 36.4 Å². The van der Waals surface area contributed by atoms with E-state index in [-0.39, 0.29) is 61.4 Å². The largest absolute Gasteiger partial charge is 0.683 e. The first-order chi connectivity index (χ1) is 25.2. The normalized spacial score (nSPS) is 17.3. The van der Waals surface area contributed by atoms with Crippen LogP contribution < -0.4 is 21.3 Å². The molecule has 10 nitrogen and oxygen atoms in total. The standard InChI is InChI=1S/C39H38F3N6O4/c1-24(52-39(50)46-19-30-13-9-26-4-2-3-5-34(26)47-30)35-23-51-31(20-45-35)14-15-32-33(42)21-44-22-37(32)48(38(49)18-43)36-17-29(41)12-8-27(36)16-25-6-10-28(40)11-7-25/h2-13,17,22,31,35,45H,1,14-16,18-21,23,43H2,(H,46,50)/q-1/t31-,35+/m1/s1. The second-order valence-electron chi connectivity index (χ2n) is 12.4. The van der Waals surface area contributed by atoms with Crippen LogP contribution in [0.4, 0.5) is 23.7 Å². The number of pyridine rings is 1. The maximum absolute atomic E-state index is 15.5. The number of alkyl carbamates (subject to hydrolysis) is 1. The summed E-state index contributed by atoms with van der Waals surface area (Å²) in [6.45, 7) is 3.92. The molecule has 2 atom stereocenters. The lowest BCUT2D eigenvalue weighted by atomic mass is 9.97. The molecule has 0 aliphatic carbocycles. The van der Waals surface area contributed by atoms with Crippen LogP contribution in [0.2, 0.25) is 0 Å². The van der Waals surface area contributed by atoms with Crippen LogP contribution in [0.25, 0.3) is 16.2 Å². The number of hydrogen-bond donors (Lipinski definition) is 3. The Hall–Kier alpha value is -5.50. The van der Waals surface area contributed by atoms with Gasteiger partial charge in [0, 0.05) is 23.2 Å². The van der Waals surface area contributed by atoms with Crippen LogP contribution in [0.5, 0.6) is 0 Å². The van der Waals surface area contributed by atoms with E-state index in [9.17, 15) is 18.4 Å². The molecule has 4 aromatic rings. The van der Waals surface area contributed by atoms with Crippen molar-refractivity contribution in [2.24, 2.45) is 5.73 Å². The van der Waals surface area contributed by atoms with Crippen molar-refractivity contribution in [3.05, 3.63) is 148 Å². The Kier molecular flexibility index (Phi) is 11.6. The van der Waals surface area contributed by atoms with Gasteiger partial charge in [-0.2, -0.15) is 6.20 Å². The number of fused-ring (bicyclic) bond motifs is 1. The fraction of sp³-hybridized carbons (Fsp3) is 0.256. The molecule has 1 aromatic heterocycles. The zero-order valence-electron chi connectivity index (χ0n) is 28.3. The van der Waals surface area contributed by atoms with Gasteiger partial charge in [-0.25, -0.2) is 18.0 Å². The van der Waals surface area contributed by atoms with Gasteiger partial charge in [0.15, 0.2) is 0 Å². The van der Waals surface area contributed by atoms with Crippen LogP contribution in [0.3, 0.4) is 0 Å². The van der Waals surface area contributed by atoms with Crippen LogP contribution in [-0.4, -0.2) is 55.4 Å². The average molecular weight is 712 g/mol. The Morgan fingerprint density at radius 3 is 2.62 bits per heavy atom. The van der Waals surface area contributed by atoms with Crippen LogP contribution in [-0.2, 0) is 27.2 Å². The molecule has 0 spiro atoms. The summed E-state index contributed by atoms with van der Waals surface area (Å²) < 4.78 is 55.2. The first-order valence-electron chi connectivity index (χ1n) is 16.8. The van der Waals surface area contributed by atoms with E-state index in [1.54, 1.807) is 12.1 Å². The van der Waals surface area contributed by atoms with Gasteiger partial charge in [0.1, 0.15) is 17.4 Å². The summed E-state index contributed by atoms with van der Waals surface area (Å²) in [7, 11) is 0. The molecule has 2 aliphatic rings. The molecule has 1 saturated heterocycles. The molecule has 1 fully saturated rings. The Balaban J connectivity index is 1.06. The molecule has 0 saturated carbocycles. The van der Waals surface area contributed by atoms with Gasteiger partial charge in [-0.15, -0.1) is 0 Å². The number of ether oxygens (including phenoxy) is 2. The van der Waals surface area contributed by atoms with Crippen LogP contribution in [0, 0.1) is 11.6 Å². The molecule has 52 heavy (non-hydrogen) atoms. The summed E-state index contributed by atoms with van der Waals surface area (Å²) in [5, 5.41) is 11.1. The summed E-state index contributed by atoms with van der Waals surface area (Å²) >= 11 is 0. The van der Waals surface area contributed by atoms with Crippen molar-refractivity contribution in [3.8, 4) is 0 Å². The Morgan fingerprint density at radius 1 is 1.06 bits per heavy atom. The van der Waals surface area contributed by atoms with Crippen molar-refractivity contribution in [1.29, 1.82) is 0 Å². The van der Waals surface area contributed by atoms with Gasteiger partial charge in [-0.05, 0) is 66.8 Å². The second-order valence-corrected chi connectivity index (χ2v) is 12.4. The Labute approximate surface area is 299 Å². The number of aromatic nitrogens is 1. The summed E-state index contributed by atoms with van der Waals surface area (Å²) in [4.78, 5) is 31.6. The molecular formula is C39H38F3N6O4-. The monoisotopic (exact) mass is 711 g/mol. The number of benzene rings is 3. The highest BCUT2D eigenvalue weighted by atomic mass is 19.1. The third-order valence-corrected chi connectivity index (χ3v) is 8.83. The molecule has 2 amide bonds. The number of carbonyl (C=O) groups excluding carboxylic acids is 2. The van der Waals surface area contributed by atoms with E-state index in [1.165, 1.54) is 41.4 Å². The second kappa shape index (κ2) is 16.7. The van der Waals surface area contributed by atoms with Gasteiger partial charge < -0.3 is 31.2 Å². The molecule has 13 heteroatoms. The third-order valence-electron chi connectivity index (χ3n) is 8.83. The molecule has 4 N–H and O–H groups in total. The van der Waals surface area contributed by atoms with Gasteiger partial charge in [-0.3, -0.25) is 14.7 Å². The number of rotatable bonds is 12. The molecule has 3 aromatic carbocycles. The number of carbonyl (C=O) groups is 2. The summed E-state index contributed by atoms with van der Waals surface area (Å²) in [6.07, 6.45) is 1.16. The lowest BCUT2D eigenvalue weighted by molar-refractivity contribution is -0.116. The number of amides is 2. The van der Waals surface area contributed by atoms with E-state index in [2.05, 4.69) is 27.5 Å². The van der Waals surface area contributed by atoms with Crippen molar-refractivity contribution in [1.82, 2.24) is 15.6 Å². The minimum atomic E-state index is -0.677. The first-order valence-corrected chi connectivity index (χ1v) is 16.8. The first kappa shape index (κ1) is 36.3. The fourth-order valence-electron chi connectivity index (χ4n) is 6.10. The number of halogens is 3. The maximum atomic E-state index is 15.5. The predicted molar refractivity (Wildman–Crippen MR) is 192 cm³/mol. The van der Waals surface area contributed by atoms with Crippen molar-refractivity contribution in [3.63, 3.8) is 0 Å². The summed E-state index contributed by atoms with van der Waals surface area (Å²) in [5.74, 6) is -1.95. The topological polar surface area (TPSA) is 133 Å². The quantitative estimate of drug-likeness (QED) is 0.145. The van der Waals surface area contributed by atoms with Gasteiger partial charge >= 0.3 is 6.09 Å². The van der Waals surface area contributed by atoms with E-state index in [4.69, 9.17) is 15.2 Å². The van der Waals surface area contributed by atoms with Crippen molar-refractivity contribution in [2.75, 3.05) is 31.1 Å². The number of hydrogen-bond acceptors (Lipinski definition) is 7. The molecule has 270 valence electrons. The van der Waals surface area contributed by atoms with E-state index in [0.717, 1.165) is 16.5 Å². The molecule has 3 heterocycles. The smallest absolute Gasteiger partial charge is 0.412 e. The fourth-order valence-corrected chi connectivity index (χ4v) is 6.10. The summed E-state index contributed by atoms with van der Waals surface area (Å²) in [5.41, 5.74) is 9.14. The van der Waals surface area contributed by atoms with Crippen LogP contribution in [0.15, 0.2) is 114 Å². The highest BCUT2D eigenvalue weighted by Gasteiger charge is 2.29. The molecule has 0 bridgehead atoms. The Morgan fingerprint density at radius 2 is 1.85 bits per heavy atom. The lowest BCUT2D eigenvalue weighted by Crippen LogP contribution is -2.48. The minimum absolute atomic E-state index is 0.149. The number of nitrogens with one attached hydrogen (secondary N) is 2. The number of allylic oxidation sites excluding steroid dienone is 1. The van der Waals surface area contributed by atoms with Crippen LogP contribution in [0.1, 0.15) is 29.7 Å². The molecule has 2 aliphatic heterocycles. The van der Waals surface area contributed by atoms with E-state index in [0.29, 0.717) is 24.2 Å². The third kappa shape index (κ3) is 8.86. The molecule has 6 rings (SSSR count). The van der Waals surface area contributed by atoms with E-state index >= 15 is 4.39 Å². The zero-order valence-corrected chi connectivity index (χ0v) is 28.3. The molecule has 0 unspecified atom stereocenters. The van der Waals surface area contributed by atoms with Gasteiger partial charge in [-0.1, -0.05) is 55.6 Å². The van der Waals surface area contributed by atoms with Crippen molar-refractivity contribution >= 4 is 28.6 Å². The number of para-hydroxylation sites is 1. The number of nitrogens with two attached hydrogens (primary N) is 1. The summed E-state index contributed by atoms with van der Waals surface area (Å²) in [6, 6.07) is 20.8. The van der Waals surface area contributed by atoms with Crippen molar-refractivity contribution in [2.45, 2.75) is 38.0 Å². The van der Waals surface area contributed by atoms with Crippen molar-refractivity contribution < 1.29 is 32.2 Å². The molecular weight excluding hydrogens is 673 g/mol. The number of nitrogens with zero attached hydrogens (tertiary/aromatic N) is 3. The molecule has 0 radical (unpaired) electrons. The van der Waals surface area contributed by atoms with Gasteiger partial charge in [0.2, 0.25) is 5.91 Å². The van der Waals surface area contributed by atoms with Gasteiger partial charge in [0.05, 0.1) is 54.6 Å². The maximum Gasteiger partial charge on any atom is 0.412 e. The van der Waals surface area contributed by atoms with Crippen LogP contribution >= 0.6 is 0 Å². The van der Waals surface area contributed by atoms with E-state index < -0.39 is 42.0 Å².